The number of rotatable bonds is 4. The predicted molar refractivity (Wildman–Crippen MR) is 94.5 cm³/mol. The molecule has 0 spiro atoms. The van der Waals surface area contributed by atoms with Crippen LogP contribution in [0.4, 0.5) is 4.79 Å². The third-order valence-electron chi connectivity index (χ3n) is 5.02. The molecule has 3 saturated heterocycles. The zero-order chi connectivity index (χ0) is 19.0. The highest BCUT2D eigenvalue weighted by atomic mass is 32.2. The summed E-state index contributed by atoms with van der Waals surface area (Å²) in [5.74, 6) is -0.949. The van der Waals surface area contributed by atoms with Gasteiger partial charge in [-0.3, -0.25) is 9.59 Å². The Labute approximate surface area is 159 Å². The molecule has 0 aliphatic carbocycles. The summed E-state index contributed by atoms with van der Waals surface area (Å²) in [6.45, 7) is -0.259. The van der Waals surface area contributed by atoms with E-state index in [1.807, 2.05) is 30.3 Å². The minimum absolute atomic E-state index is 0.0970. The fourth-order valence-electron chi connectivity index (χ4n) is 3.74. The fraction of sp³-hybridized carbons (Fsp3) is 0.444. The van der Waals surface area contributed by atoms with Crippen molar-refractivity contribution in [3.8, 4) is 0 Å². The van der Waals surface area contributed by atoms with E-state index in [2.05, 4.69) is 0 Å². The molecule has 27 heavy (non-hydrogen) atoms. The van der Waals surface area contributed by atoms with E-state index in [9.17, 15) is 19.2 Å². The number of amides is 3. The van der Waals surface area contributed by atoms with Gasteiger partial charge in [0.2, 0.25) is 5.91 Å². The molecule has 3 heterocycles. The first-order valence-corrected chi connectivity index (χ1v) is 9.67. The van der Waals surface area contributed by atoms with Gasteiger partial charge in [-0.05, 0) is 12.0 Å². The molecule has 3 aliphatic heterocycles. The number of carbonyl (C=O) groups excluding carboxylic acids is 4. The van der Waals surface area contributed by atoms with Crippen molar-refractivity contribution in [1.82, 2.24) is 9.80 Å². The second kappa shape index (κ2) is 6.88. The molecule has 2 atom stereocenters. The van der Waals surface area contributed by atoms with Crippen LogP contribution in [0.25, 0.3) is 0 Å². The zero-order valence-electron chi connectivity index (χ0n) is 14.5. The first kappa shape index (κ1) is 17.8. The summed E-state index contributed by atoms with van der Waals surface area (Å²) in [6, 6.07) is 8.88. The molecule has 0 radical (unpaired) electrons. The molecule has 3 fully saturated rings. The van der Waals surface area contributed by atoms with E-state index < -0.39 is 35.5 Å². The fourth-order valence-corrected chi connectivity index (χ4v) is 5.38. The van der Waals surface area contributed by atoms with E-state index in [1.165, 1.54) is 0 Å². The van der Waals surface area contributed by atoms with Crippen LogP contribution in [-0.4, -0.2) is 65.2 Å². The van der Waals surface area contributed by atoms with Crippen molar-refractivity contribution in [3.63, 3.8) is 0 Å². The zero-order valence-corrected chi connectivity index (χ0v) is 15.3. The maximum absolute atomic E-state index is 12.6. The molecule has 142 valence electrons. The largest absolute Gasteiger partial charge is 0.454 e. The van der Waals surface area contributed by atoms with Crippen molar-refractivity contribution >= 4 is 35.6 Å². The van der Waals surface area contributed by atoms with Crippen LogP contribution in [0.1, 0.15) is 18.4 Å². The van der Waals surface area contributed by atoms with Crippen molar-refractivity contribution < 1.29 is 28.7 Å². The van der Waals surface area contributed by atoms with Gasteiger partial charge < -0.3 is 14.4 Å². The van der Waals surface area contributed by atoms with Crippen LogP contribution < -0.4 is 0 Å². The summed E-state index contributed by atoms with van der Waals surface area (Å²) in [4.78, 5) is 50.5. The van der Waals surface area contributed by atoms with Gasteiger partial charge in [-0.25, -0.2) is 14.5 Å². The molecular formula is C18H18N2O6S. The van der Waals surface area contributed by atoms with Crippen LogP contribution in [0, 0.1) is 0 Å². The van der Waals surface area contributed by atoms with Gasteiger partial charge >= 0.3 is 12.1 Å². The third-order valence-corrected chi connectivity index (χ3v) is 6.62. The van der Waals surface area contributed by atoms with Crippen molar-refractivity contribution in [2.24, 2.45) is 0 Å². The van der Waals surface area contributed by atoms with E-state index in [1.54, 1.807) is 16.7 Å². The standard InChI is InChI=1S/C18H18N2O6S/c21-14-6-7-18(12-4-2-1-3-5-12)20(14)13(11-27-18)16(23)26-10-15(22)19-8-9-25-17(19)24/h1-5,13H,6-11H2/t13-,18-/m1/s1. The summed E-state index contributed by atoms with van der Waals surface area (Å²) in [6.07, 6.45) is 0.262. The van der Waals surface area contributed by atoms with E-state index >= 15 is 0 Å². The highest BCUT2D eigenvalue weighted by Gasteiger charge is 2.57. The molecule has 4 rings (SSSR count). The molecule has 1 aromatic carbocycles. The number of nitrogens with zero attached hydrogens (tertiary/aromatic N) is 2. The summed E-state index contributed by atoms with van der Waals surface area (Å²) in [5.41, 5.74) is 0.979. The highest BCUT2D eigenvalue weighted by Crippen LogP contribution is 2.54. The maximum Gasteiger partial charge on any atom is 0.416 e. The number of esters is 1. The van der Waals surface area contributed by atoms with Crippen LogP contribution in [0.15, 0.2) is 30.3 Å². The number of ether oxygens (including phenoxy) is 2. The molecule has 8 nitrogen and oxygen atoms in total. The van der Waals surface area contributed by atoms with Gasteiger partial charge in [-0.1, -0.05) is 30.3 Å². The van der Waals surface area contributed by atoms with Gasteiger partial charge in [0.15, 0.2) is 6.61 Å². The van der Waals surface area contributed by atoms with Gasteiger partial charge in [-0.2, -0.15) is 0 Å². The molecule has 1 aromatic rings. The molecule has 0 bridgehead atoms. The molecule has 0 unspecified atom stereocenters. The van der Waals surface area contributed by atoms with Gasteiger partial charge in [-0.15, -0.1) is 11.8 Å². The molecule has 3 aliphatic rings. The van der Waals surface area contributed by atoms with Crippen LogP contribution in [0.5, 0.6) is 0 Å². The van der Waals surface area contributed by atoms with Crippen LogP contribution >= 0.6 is 11.8 Å². The first-order chi connectivity index (χ1) is 13.0. The Balaban J connectivity index is 1.46. The Morgan fingerprint density at radius 1 is 1.26 bits per heavy atom. The number of cyclic esters (lactones) is 1. The summed E-state index contributed by atoms with van der Waals surface area (Å²) >= 11 is 1.55. The predicted octanol–water partition coefficient (Wildman–Crippen LogP) is 1.10. The van der Waals surface area contributed by atoms with Crippen molar-refractivity contribution in [2.45, 2.75) is 23.8 Å². The lowest BCUT2D eigenvalue weighted by Crippen LogP contribution is -2.47. The van der Waals surface area contributed by atoms with Gasteiger partial charge in [0, 0.05) is 12.2 Å². The van der Waals surface area contributed by atoms with Crippen molar-refractivity contribution in [3.05, 3.63) is 35.9 Å². The second-order valence-electron chi connectivity index (χ2n) is 6.51. The Kier molecular flexibility index (Phi) is 4.55. The van der Waals surface area contributed by atoms with Crippen LogP contribution in [0.2, 0.25) is 0 Å². The van der Waals surface area contributed by atoms with Gasteiger partial charge in [0.1, 0.15) is 17.5 Å². The minimum Gasteiger partial charge on any atom is -0.454 e. The normalized spacial score (nSPS) is 26.9. The lowest BCUT2D eigenvalue weighted by Gasteiger charge is -2.33. The number of hydrogen-bond acceptors (Lipinski definition) is 7. The lowest BCUT2D eigenvalue weighted by atomic mass is 10.0. The SMILES string of the molecule is O=C(OCC(=O)N1CCOC1=O)[C@H]1CS[C@@]2(c3ccccc3)CCC(=O)N12. The second-order valence-corrected chi connectivity index (χ2v) is 7.81. The Hall–Kier alpha value is -2.55. The molecule has 9 heteroatoms. The van der Waals surface area contributed by atoms with Crippen molar-refractivity contribution in [2.75, 3.05) is 25.5 Å². The monoisotopic (exact) mass is 390 g/mol. The van der Waals surface area contributed by atoms with E-state index in [0.29, 0.717) is 18.6 Å². The summed E-state index contributed by atoms with van der Waals surface area (Å²) in [7, 11) is 0. The van der Waals surface area contributed by atoms with Crippen LogP contribution in [0.3, 0.4) is 0 Å². The van der Waals surface area contributed by atoms with Gasteiger partial charge in [0.25, 0.3) is 5.91 Å². The minimum atomic E-state index is -0.747. The van der Waals surface area contributed by atoms with E-state index in [4.69, 9.17) is 9.47 Å². The quantitative estimate of drug-likeness (QED) is 0.711. The molecule has 0 N–H and O–H groups in total. The smallest absolute Gasteiger partial charge is 0.416 e. The molecule has 3 amide bonds. The number of carbonyl (C=O) groups is 4. The van der Waals surface area contributed by atoms with Gasteiger partial charge in [0.05, 0.1) is 6.54 Å². The molecule has 0 aromatic heterocycles. The van der Waals surface area contributed by atoms with Crippen LogP contribution in [-0.2, 0) is 28.7 Å². The Morgan fingerprint density at radius 3 is 2.74 bits per heavy atom. The molecule has 0 saturated carbocycles. The summed E-state index contributed by atoms with van der Waals surface area (Å²) < 4.78 is 9.84. The Bertz CT molecular complexity index is 800. The average molecular weight is 390 g/mol. The van der Waals surface area contributed by atoms with E-state index in [-0.39, 0.29) is 19.1 Å². The number of benzene rings is 1. The highest BCUT2D eigenvalue weighted by molar-refractivity contribution is 8.00. The number of imide groups is 1. The lowest BCUT2D eigenvalue weighted by molar-refractivity contribution is -0.157. The average Bonchev–Trinajstić information content (AvgIpc) is 3.36. The van der Waals surface area contributed by atoms with Crippen molar-refractivity contribution in [1.29, 1.82) is 0 Å². The number of fused-ring (bicyclic) bond motifs is 1. The summed E-state index contributed by atoms with van der Waals surface area (Å²) in [5, 5.41) is 0. The Morgan fingerprint density at radius 2 is 2.04 bits per heavy atom. The third kappa shape index (κ3) is 2.95. The first-order valence-electron chi connectivity index (χ1n) is 8.68. The number of hydrogen-bond donors (Lipinski definition) is 0. The maximum atomic E-state index is 12.6. The van der Waals surface area contributed by atoms with E-state index in [0.717, 1.165) is 10.5 Å². The topological polar surface area (TPSA) is 93.2 Å². The number of thioether (sulfide) groups is 1. The molecular weight excluding hydrogens is 372 g/mol.